The van der Waals surface area contributed by atoms with Gasteiger partial charge in [-0.3, -0.25) is 9.59 Å². The molecule has 0 radical (unpaired) electrons. The average Bonchev–Trinajstić information content (AvgIpc) is 2.38. The van der Waals surface area contributed by atoms with Crippen molar-refractivity contribution in [3.63, 3.8) is 0 Å². The number of carbonyl (C=O) groups excluding carboxylic acids is 2. The number of amides is 1. The van der Waals surface area contributed by atoms with E-state index < -0.39 is 0 Å². The van der Waals surface area contributed by atoms with Crippen molar-refractivity contribution in [2.45, 2.75) is 32.1 Å². The zero-order chi connectivity index (χ0) is 13.7. The molecule has 1 aromatic carbocycles. The Balaban J connectivity index is 2.02. The van der Waals surface area contributed by atoms with Gasteiger partial charge in [0, 0.05) is 23.0 Å². The topological polar surface area (TPSA) is 37.4 Å². The van der Waals surface area contributed by atoms with Crippen LogP contribution in [0.5, 0.6) is 0 Å². The standard InChI is InChI=1S/C15H18BrNO2/c16-13-7-5-6-12(10-13)14(18)11-17-9-4-2-1-3-8-15(17)19/h5-7,10H,1-4,8-9,11H2. The van der Waals surface area contributed by atoms with Crippen molar-refractivity contribution in [1.82, 2.24) is 4.90 Å². The van der Waals surface area contributed by atoms with Gasteiger partial charge in [0.1, 0.15) is 0 Å². The van der Waals surface area contributed by atoms with Crippen LogP contribution in [0.4, 0.5) is 0 Å². The summed E-state index contributed by atoms with van der Waals surface area (Å²) in [5.74, 6) is 0.123. The van der Waals surface area contributed by atoms with E-state index in [0.29, 0.717) is 18.5 Å². The number of ketones is 1. The number of nitrogens with zero attached hydrogens (tertiary/aromatic N) is 1. The van der Waals surface area contributed by atoms with E-state index in [9.17, 15) is 9.59 Å². The van der Waals surface area contributed by atoms with E-state index in [-0.39, 0.29) is 18.2 Å². The molecule has 0 bridgehead atoms. The Bertz CT molecular complexity index is 473. The lowest BCUT2D eigenvalue weighted by atomic mass is 10.1. The third-order valence-electron chi connectivity index (χ3n) is 3.40. The Hall–Kier alpha value is -1.16. The zero-order valence-corrected chi connectivity index (χ0v) is 12.5. The highest BCUT2D eigenvalue weighted by Gasteiger charge is 2.19. The Labute approximate surface area is 122 Å². The Kier molecular flexibility index (Phi) is 5.14. The molecule has 1 aromatic rings. The van der Waals surface area contributed by atoms with Crippen LogP contribution in [0, 0.1) is 0 Å². The van der Waals surface area contributed by atoms with Crippen LogP contribution in [0.15, 0.2) is 28.7 Å². The van der Waals surface area contributed by atoms with E-state index in [1.165, 1.54) is 0 Å². The molecule has 0 atom stereocenters. The molecule has 0 spiro atoms. The van der Waals surface area contributed by atoms with Crippen LogP contribution in [0.25, 0.3) is 0 Å². The zero-order valence-electron chi connectivity index (χ0n) is 10.9. The molecule has 102 valence electrons. The van der Waals surface area contributed by atoms with Crippen LogP contribution in [0.1, 0.15) is 42.5 Å². The summed E-state index contributed by atoms with van der Waals surface area (Å²) in [5.41, 5.74) is 0.657. The predicted molar refractivity (Wildman–Crippen MR) is 78.1 cm³/mol. The highest BCUT2D eigenvalue weighted by atomic mass is 79.9. The van der Waals surface area contributed by atoms with Crippen molar-refractivity contribution in [3.8, 4) is 0 Å². The normalized spacial score (nSPS) is 16.9. The summed E-state index contributed by atoms with van der Waals surface area (Å²) in [6.07, 6.45) is 4.79. The molecule has 1 saturated heterocycles. The van der Waals surface area contributed by atoms with Gasteiger partial charge in [0.2, 0.25) is 5.91 Å². The first-order valence-electron chi connectivity index (χ1n) is 6.73. The van der Waals surface area contributed by atoms with E-state index in [1.54, 1.807) is 17.0 Å². The van der Waals surface area contributed by atoms with Crippen LogP contribution in [0.3, 0.4) is 0 Å². The number of Topliss-reactive ketones (excluding diaryl/α,β-unsaturated/α-hetero) is 1. The van der Waals surface area contributed by atoms with Gasteiger partial charge >= 0.3 is 0 Å². The van der Waals surface area contributed by atoms with E-state index >= 15 is 0 Å². The molecule has 19 heavy (non-hydrogen) atoms. The van der Waals surface area contributed by atoms with Gasteiger partial charge in [-0.05, 0) is 25.0 Å². The number of rotatable bonds is 3. The molecule has 1 fully saturated rings. The molecule has 1 aliphatic heterocycles. The molecule has 0 aromatic heterocycles. The molecule has 2 rings (SSSR count). The number of likely N-dealkylation sites (tertiary alicyclic amines) is 1. The minimum absolute atomic E-state index is 0.00947. The van der Waals surface area contributed by atoms with Gasteiger partial charge in [-0.2, -0.15) is 0 Å². The van der Waals surface area contributed by atoms with Crippen molar-refractivity contribution in [2.24, 2.45) is 0 Å². The fourth-order valence-corrected chi connectivity index (χ4v) is 2.71. The number of hydrogen-bond acceptors (Lipinski definition) is 2. The van der Waals surface area contributed by atoms with Gasteiger partial charge in [-0.25, -0.2) is 0 Å². The van der Waals surface area contributed by atoms with Gasteiger partial charge in [-0.1, -0.05) is 40.9 Å². The summed E-state index contributed by atoms with van der Waals surface area (Å²) in [7, 11) is 0. The average molecular weight is 324 g/mol. The highest BCUT2D eigenvalue weighted by molar-refractivity contribution is 9.10. The molecule has 0 saturated carbocycles. The number of benzene rings is 1. The fraction of sp³-hybridized carbons (Fsp3) is 0.467. The van der Waals surface area contributed by atoms with E-state index in [4.69, 9.17) is 0 Å². The first-order chi connectivity index (χ1) is 9.16. The lowest BCUT2D eigenvalue weighted by Crippen LogP contribution is -2.37. The van der Waals surface area contributed by atoms with Crippen LogP contribution < -0.4 is 0 Å². The van der Waals surface area contributed by atoms with Gasteiger partial charge in [-0.15, -0.1) is 0 Å². The predicted octanol–water partition coefficient (Wildman–Crippen LogP) is 3.42. The maximum atomic E-state index is 12.2. The molecular weight excluding hydrogens is 306 g/mol. The van der Waals surface area contributed by atoms with Gasteiger partial charge < -0.3 is 4.90 Å². The van der Waals surface area contributed by atoms with Gasteiger partial charge in [0.25, 0.3) is 0 Å². The molecule has 1 heterocycles. The number of halogens is 1. The summed E-state index contributed by atoms with van der Waals surface area (Å²) in [4.78, 5) is 25.9. The van der Waals surface area contributed by atoms with E-state index in [2.05, 4.69) is 15.9 Å². The number of carbonyl (C=O) groups is 2. The molecule has 1 aliphatic rings. The second-order valence-corrected chi connectivity index (χ2v) is 5.83. The quantitative estimate of drug-likeness (QED) is 0.799. The molecular formula is C15H18BrNO2. The third kappa shape index (κ3) is 4.16. The van der Waals surface area contributed by atoms with Gasteiger partial charge in [0.05, 0.1) is 6.54 Å². The smallest absolute Gasteiger partial charge is 0.222 e. The summed E-state index contributed by atoms with van der Waals surface area (Å²) in [6, 6.07) is 7.32. The van der Waals surface area contributed by atoms with Crippen LogP contribution >= 0.6 is 15.9 Å². The fourth-order valence-electron chi connectivity index (χ4n) is 2.31. The molecule has 3 nitrogen and oxygen atoms in total. The summed E-state index contributed by atoms with van der Waals surface area (Å²) >= 11 is 3.36. The summed E-state index contributed by atoms with van der Waals surface area (Å²) in [6.45, 7) is 0.911. The minimum Gasteiger partial charge on any atom is -0.335 e. The molecule has 0 unspecified atom stereocenters. The van der Waals surface area contributed by atoms with Crippen molar-refractivity contribution < 1.29 is 9.59 Å². The van der Waals surface area contributed by atoms with Crippen LogP contribution in [-0.2, 0) is 4.79 Å². The Morgan fingerprint density at radius 2 is 2.00 bits per heavy atom. The maximum Gasteiger partial charge on any atom is 0.222 e. The first kappa shape index (κ1) is 14.3. The van der Waals surface area contributed by atoms with Crippen molar-refractivity contribution in [1.29, 1.82) is 0 Å². The molecule has 4 heteroatoms. The third-order valence-corrected chi connectivity index (χ3v) is 3.90. The molecule has 0 aliphatic carbocycles. The Morgan fingerprint density at radius 3 is 2.79 bits per heavy atom. The van der Waals surface area contributed by atoms with E-state index in [0.717, 1.165) is 30.2 Å². The van der Waals surface area contributed by atoms with Crippen molar-refractivity contribution in [3.05, 3.63) is 34.3 Å². The number of hydrogen-bond donors (Lipinski definition) is 0. The largest absolute Gasteiger partial charge is 0.335 e. The SMILES string of the molecule is O=C(CN1CCCCCCC1=O)c1cccc(Br)c1. The first-order valence-corrected chi connectivity index (χ1v) is 7.52. The molecule has 0 N–H and O–H groups in total. The highest BCUT2D eigenvalue weighted by Crippen LogP contribution is 2.15. The monoisotopic (exact) mass is 323 g/mol. The second kappa shape index (κ2) is 6.85. The summed E-state index contributed by atoms with van der Waals surface area (Å²) < 4.78 is 0.886. The minimum atomic E-state index is 0.00947. The van der Waals surface area contributed by atoms with Crippen molar-refractivity contribution >= 4 is 27.6 Å². The second-order valence-electron chi connectivity index (χ2n) is 4.91. The van der Waals surface area contributed by atoms with E-state index in [1.807, 2.05) is 12.1 Å². The molecule has 1 amide bonds. The summed E-state index contributed by atoms with van der Waals surface area (Å²) in [5, 5.41) is 0. The van der Waals surface area contributed by atoms with Crippen LogP contribution in [-0.4, -0.2) is 29.7 Å². The van der Waals surface area contributed by atoms with Gasteiger partial charge in [0.15, 0.2) is 5.78 Å². The Morgan fingerprint density at radius 1 is 1.21 bits per heavy atom. The van der Waals surface area contributed by atoms with Crippen LogP contribution in [0.2, 0.25) is 0 Å². The van der Waals surface area contributed by atoms with Crippen molar-refractivity contribution in [2.75, 3.05) is 13.1 Å². The maximum absolute atomic E-state index is 12.2. The lowest BCUT2D eigenvalue weighted by molar-refractivity contribution is -0.131. The lowest BCUT2D eigenvalue weighted by Gasteiger charge is -2.24.